The van der Waals surface area contributed by atoms with Gasteiger partial charge in [-0.2, -0.15) is 5.26 Å². The van der Waals surface area contributed by atoms with Gasteiger partial charge in [0.2, 0.25) is 11.6 Å². The summed E-state index contributed by atoms with van der Waals surface area (Å²) in [6, 6.07) is 1.96. The minimum atomic E-state index is -0.383. The van der Waals surface area contributed by atoms with E-state index in [0.717, 1.165) is 51.4 Å². The average Bonchev–Trinajstić information content (AvgIpc) is 3.34. The fourth-order valence-electron chi connectivity index (χ4n) is 9.25. The summed E-state index contributed by atoms with van der Waals surface area (Å²) < 4.78 is 5.47. The first-order chi connectivity index (χ1) is 16.1. The number of nitrogens with zero attached hydrogens (tertiary/aromatic N) is 2. The van der Waals surface area contributed by atoms with Crippen LogP contribution in [0.2, 0.25) is 0 Å². The summed E-state index contributed by atoms with van der Waals surface area (Å²) in [5.41, 5.74) is 5.76. The normalized spacial score (nSPS) is 46.7. The number of hydrogen-bond donors (Lipinski definition) is 4. The molecule has 0 spiro atoms. The molecule has 34 heavy (non-hydrogen) atoms. The van der Waals surface area contributed by atoms with Gasteiger partial charge in [-0.15, -0.1) is 0 Å². The fraction of sp³-hybridized carbons (Fsp3) is 0.852. The van der Waals surface area contributed by atoms with E-state index in [1.165, 1.54) is 0 Å². The van der Waals surface area contributed by atoms with E-state index < -0.39 is 0 Å². The third-order valence-electron chi connectivity index (χ3n) is 11.1. The molecule has 0 aromatic carbocycles. The molecule has 0 radical (unpaired) electrons. The third kappa shape index (κ3) is 3.51. The van der Waals surface area contributed by atoms with Crippen LogP contribution in [0.15, 0.2) is 4.42 Å². The number of aromatic nitrogens is 1. The second kappa shape index (κ2) is 8.50. The molecule has 0 saturated heterocycles. The van der Waals surface area contributed by atoms with Gasteiger partial charge in [-0.3, -0.25) is 0 Å². The molecule has 11 atom stereocenters. The molecule has 0 bridgehead atoms. The van der Waals surface area contributed by atoms with Gasteiger partial charge >= 0.3 is 0 Å². The van der Waals surface area contributed by atoms with Crippen LogP contribution >= 0.6 is 0 Å². The summed E-state index contributed by atoms with van der Waals surface area (Å²) in [5.74, 6) is 2.51. The Labute approximate surface area is 202 Å². The van der Waals surface area contributed by atoms with Crippen LogP contribution in [-0.4, -0.2) is 38.6 Å². The lowest BCUT2D eigenvalue weighted by atomic mass is 9.43. The van der Waals surface area contributed by atoms with Crippen molar-refractivity contribution in [1.29, 1.82) is 5.26 Å². The zero-order valence-electron chi connectivity index (χ0n) is 20.8. The molecule has 7 nitrogen and oxygen atoms in total. The molecular weight excluding hydrogens is 430 g/mol. The lowest BCUT2D eigenvalue weighted by Gasteiger charge is -2.63. The van der Waals surface area contributed by atoms with Crippen molar-refractivity contribution in [3.05, 3.63) is 11.6 Å². The van der Waals surface area contributed by atoms with Crippen molar-refractivity contribution in [2.75, 3.05) is 5.73 Å². The predicted molar refractivity (Wildman–Crippen MR) is 127 cm³/mol. The number of aliphatic hydroxyl groups excluding tert-OH is 3. The first kappa shape index (κ1) is 24.1. The molecule has 0 amide bonds. The number of nitrogen functional groups attached to an aromatic ring is 1. The first-order valence-electron chi connectivity index (χ1n) is 13.3. The maximum absolute atomic E-state index is 11.7. The number of fused-ring (bicyclic) bond motifs is 5. The Morgan fingerprint density at radius 3 is 2.62 bits per heavy atom. The molecule has 188 valence electrons. The minimum Gasteiger partial charge on any atom is -0.424 e. The molecule has 4 fully saturated rings. The van der Waals surface area contributed by atoms with E-state index in [1.807, 2.05) is 6.07 Å². The number of anilines is 1. The maximum Gasteiger partial charge on any atom is 0.229 e. The van der Waals surface area contributed by atoms with Gasteiger partial charge < -0.3 is 25.5 Å². The number of aliphatic hydroxyl groups is 3. The van der Waals surface area contributed by atoms with Gasteiger partial charge in [0.05, 0.1) is 18.3 Å². The molecular formula is C27H41N3O4. The van der Waals surface area contributed by atoms with Crippen LogP contribution < -0.4 is 5.73 Å². The fourth-order valence-corrected chi connectivity index (χ4v) is 9.25. The largest absolute Gasteiger partial charge is 0.424 e. The molecule has 0 aliphatic heterocycles. The zero-order chi connectivity index (χ0) is 24.4. The monoisotopic (exact) mass is 471 g/mol. The lowest BCUT2D eigenvalue weighted by Crippen LogP contribution is -2.62. The van der Waals surface area contributed by atoms with Gasteiger partial charge in [0.1, 0.15) is 6.07 Å². The van der Waals surface area contributed by atoms with Crippen LogP contribution in [0, 0.1) is 57.7 Å². The van der Waals surface area contributed by atoms with Crippen LogP contribution in [0.3, 0.4) is 0 Å². The summed E-state index contributed by atoms with van der Waals surface area (Å²) in [4.78, 5) is 4.20. The summed E-state index contributed by atoms with van der Waals surface area (Å²) in [6.45, 7) is 6.90. The zero-order valence-corrected chi connectivity index (χ0v) is 20.8. The molecule has 7 heteroatoms. The Morgan fingerprint density at radius 2 is 1.91 bits per heavy atom. The number of aryl methyl sites for hydroxylation is 1. The number of nitriles is 1. The number of hydrogen-bond acceptors (Lipinski definition) is 7. The molecule has 1 aromatic rings. The highest BCUT2D eigenvalue weighted by atomic mass is 16.4. The summed E-state index contributed by atoms with van der Waals surface area (Å²) >= 11 is 0. The van der Waals surface area contributed by atoms with Gasteiger partial charge in [0.25, 0.3) is 0 Å². The first-order valence-corrected chi connectivity index (χ1v) is 13.3. The van der Waals surface area contributed by atoms with Crippen molar-refractivity contribution >= 4 is 5.88 Å². The summed E-state index contributed by atoms with van der Waals surface area (Å²) in [7, 11) is 0. The number of nitrogens with two attached hydrogens (primary N) is 1. The number of oxazole rings is 1. The SMILES string of the molecule is C[C@H](CCc1nc(C#N)c(N)o1)[C@H]1CC[C@H]2[C@@H]3[C@@H](O)CC4C[C@@H](O)CC[C@]4(C)[C@H]3C[C@@H](O)[C@]12C. The molecule has 5 rings (SSSR count). The lowest BCUT2D eigenvalue weighted by molar-refractivity contribution is -0.207. The van der Waals surface area contributed by atoms with Gasteiger partial charge in [-0.1, -0.05) is 20.8 Å². The van der Waals surface area contributed by atoms with Crippen molar-refractivity contribution < 1.29 is 19.7 Å². The van der Waals surface area contributed by atoms with E-state index in [2.05, 4.69) is 25.8 Å². The molecule has 1 unspecified atom stereocenters. The van der Waals surface area contributed by atoms with Crippen LogP contribution in [0.1, 0.15) is 83.7 Å². The molecule has 4 aliphatic rings. The maximum atomic E-state index is 11.7. The van der Waals surface area contributed by atoms with Gasteiger partial charge in [-0.25, -0.2) is 4.98 Å². The molecule has 5 N–H and O–H groups in total. The van der Waals surface area contributed by atoms with Crippen LogP contribution in [0.5, 0.6) is 0 Å². The van der Waals surface area contributed by atoms with Gasteiger partial charge in [0, 0.05) is 6.42 Å². The van der Waals surface area contributed by atoms with E-state index in [4.69, 9.17) is 15.4 Å². The third-order valence-corrected chi connectivity index (χ3v) is 11.1. The van der Waals surface area contributed by atoms with E-state index in [0.29, 0.717) is 41.9 Å². The Morgan fingerprint density at radius 1 is 1.15 bits per heavy atom. The Hall–Kier alpha value is -1.62. The van der Waals surface area contributed by atoms with E-state index in [-0.39, 0.29) is 46.6 Å². The Bertz CT molecular complexity index is 958. The second-order valence-corrected chi connectivity index (χ2v) is 12.5. The minimum absolute atomic E-state index is 0.0834. The molecule has 1 aromatic heterocycles. The van der Waals surface area contributed by atoms with E-state index in [1.54, 1.807) is 0 Å². The highest BCUT2D eigenvalue weighted by Crippen LogP contribution is 2.68. The molecule has 1 heterocycles. The highest BCUT2D eigenvalue weighted by Gasteiger charge is 2.65. The van der Waals surface area contributed by atoms with Gasteiger partial charge in [0.15, 0.2) is 5.89 Å². The molecule has 4 aliphatic carbocycles. The smallest absolute Gasteiger partial charge is 0.229 e. The quantitative estimate of drug-likeness (QED) is 0.526. The van der Waals surface area contributed by atoms with Crippen molar-refractivity contribution in [3.8, 4) is 6.07 Å². The second-order valence-electron chi connectivity index (χ2n) is 12.5. The average molecular weight is 472 g/mol. The molecule has 4 saturated carbocycles. The van der Waals surface area contributed by atoms with Crippen molar-refractivity contribution in [2.45, 2.75) is 96.9 Å². The summed E-state index contributed by atoms with van der Waals surface area (Å²) in [5, 5.41) is 42.4. The van der Waals surface area contributed by atoms with Gasteiger partial charge in [-0.05, 0) is 97.7 Å². The summed E-state index contributed by atoms with van der Waals surface area (Å²) in [6.07, 6.45) is 6.76. The van der Waals surface area contributed by atoms with Crippen molar-refractivity contribution in [2.24, 2.45) is 46.3 Å². The van der Waals surface area contributed by atoms with Crippen LogP contribution in [-0.2, 0) is 6.42 Å². The Balaban J connectivity index is 1.35. The van der Waals surface area contributed by atoms with Crippen LogP contribution in [0.4, 0.5) is 5.88 Å². The number of rotatable bonds is 4. The van der Waals surface area contributed by atoms with Crippen LogP contribution in [0.25, 0.3) is 0 Å². The van der Waals surface area contributed by atoms with Crippen molar-refractivity contribution in [3.63, 3.8) is 0 Å². The highest BCUT2D eigenvalue weighted by molar-refractivity contribution is 5.40. The standard InChI is InChI=1S/C27H41N3O4/c1-14(4-7-23-30-20(13-28)25(29)34-23)17-5-6-18-24-19(12-22(33)27(17,18)3)26(2)9-8-16(31)10-15(26)11-21(24)32/h14-19,21-22,24,31-33H,4-12,29H2,1-3H3/t14-,15?,16+,17-,18+,19+,21+,22-,24+,26+,27-/m1/s1. The van der Waals surface area contributed by atoms with E-state index >= 15 is 0 Å². The van der Waals surface area contributed by atoms with E-state index in [9.17, 15) is 15.3 Å². The predicted octanol–water partition coefficient (Wildman–Crippen LogP) is 3.66. The Kier molecular flexibility index (Phi) is 6.02. The van der Waals surface area contributed by atoms with Crippen molar-refractivity contribution in [1.82, 2.24) is 4.98 Å². The topological polar surface area (TPSA) is 137 Å².